The molecule has 1 unspecified atom stereocenters. The van der Waals surface area contributed by atoms with Crippen molar-refractivity contribution in [1.82, 2.24) is 0 Å². The largest absolute Gasteiger partial charge is 0.507 e. The van der Waals surface area contributed by atoms with E-state index >= 15 is 0 Å². The molecule has 0 spiro atoms. The van der Waals surface area contributed by atoms with E-state index in [2.05, 4.69) is 4.74 Å². The zero-order valence-electron chi connectivity index (χ0n) is 23.7. The molecule has 0 fully saturated rings. The SMILES string of the molecule is COC(=O)[C@@H](C[C@](O)(C(=O)OC)C1Cc2c(oc3cc(C)cc(O)c3c2=O)S1)OC(=O)[C@](OC)(c1ccccc1)C(F)(F)F. The first kappa shape index (κ1) is 32.8. The molecule has 0 saturated heterocycles. The van der Waals surface area contributed by atoms with Gasteiger partial charge in [0.1, 0.15) is 16.7 Å². The van der Waals surface area contributed by atoms with Crippen LogP contribution in [0.5, 0.6) is 5.75 Å². The number of rotatable bonds is 9. The van der Waals surface area contributed by atoms with Gasteiger partial charge in [0.05, 0.1) is 25.0 Å². The van der Waals surface area contributed by atoms with Crippen molar-refractivity contribution in [2.24, 2.45) is 0 Å². The normalized spacial score (nSPS) is 18.0. The lowest BCUT2D eigenvalue weighted by atomic mass is 9.88. The number of fused-ring (bicyclic) bond motifs is 2. The lowest BCUT2D eigenvalue weighted by Crippen LogP contribution is -2.56. The smallest absolute Gasteiger partial charge is 0.432 e. The Balaban J connectivity index is 1.74. The van der Waals surface area contributed by atoms with Crippen molar-refractivity contribution in [3.8, 4) is 5.75 Å². The average molecular weight is 641 g/mol. The topological polar surface area (TPSA) is 159 Å². The molecule has 1 aromatic heterocycles. The number of phenolic OH excluding ortho intramolecular Hbond substituents is 1. The van der Waals surface area contributed by atoms with Gasteiger partial charge in [-0.05, 0) is 31.0 Å². The van der Waals surface area contributed by atoms with E-state index in [9.17, 15) is 42.6 Å². The summed E-state index contributed by atoms with van der Waals surface area (Å²) >= 11 is 0.722. The number of methoxy groups -OCH3 is 3. The molecule has 4 atom stereocenters. The van der Waals surface area contributed by atoms with E-state index < -0.39 is 64.1 Å². The summed E-state index contributed by atoms with van der Waals surface area (Å²) in [6.07, 6.45) is -9.15. The maximum atomic E-state index is 14.4. The van der Waals surface area contributed by atoms with Gasteiger partial charge in [0.2, 0.25) is 11.5 Å². The summed E-state index contributed by atoms with van der Waals surface area (Å²) in [4.78, 5) is 52.3. The molecule has 44 heavy (non-hydrogen) atoms. The first-order valence-corrected chi connectivity index (χ1v) is 13.8. The number of benzene rings is 2. The predicted molar refractivity (Wildman–Crippen MR) is 147 cm³/mol. The van der Waals surface area contributed by atoms with Crippen molar-refractivity contribution in [3.63, 3.8) is 0 Å². The van der Waals surface area contributed by atoms with Crippen LogP contribution in [0.15, 0.2) is 56.8 Å². The van der Waals surface area contributed by atoms with Gasteiger partial charge in [0.25, 0.3) is 5.60 Å². The van der Waals surface area contributed by atoms with Crippen LogP contribution in [0.3, 0.4) is 0 Å². The van der Waals surface area contributed by atoms with Gasteiger partial charge in [0.15, 0.2) is 10.7 Å². The molecule has 15 heteroatoms. The second-order valence-corrected chi connectivity index (χ2v) is 11.1. The van der Waals surface area contributed by atoms with Gasteiger partial charge in [-0.25, -0.2) is 14.4 Å². The summed E-state index contributed by atoms with van der Waals surface area (Å²) < 4.78 is 68.2. The number of ether oxygens (including phenoxy) is 4. The molecular weight excluding hydrogens is 613 g/mol. The Morgan fingerprint density at radius 1 is 1.07 bits per heavy atom. The number of alkyl halides is 3. The van der Waals surface area contributed by atoms with E-state index in [4.69, 9.17) is 18.6 Å². The Labute approximate surface area is 251 Å². The van der Waals surface area contributed by atoms with Crippen molar-refractivity contribution in [1.29, 1.82) is 0 Å². The van der Waals surface area contributed by atoms with E-state index in [-0.39, 0.29) is 33.8 Å². The van der Waals surface area contributed by atoms with Crippen LogP contribution < -0.4 is 5.43 Å². The third kappa shape index (κ3) is 5.50. The Bertz CT molecular complexity index is 1660. The standard InChI is InChI=1S/C29H27F3O11S/c1-14-10-17(33)21-18(11-14)42-24-16(22(21)34)12-20(44-24)27(38,25(36)40-3)13-19(23(35)39-2)43-26(37)28(41-4,29(30,31)32)15-8-6-5-7-9-15/h5-11,19-20,33,38H,12-13H2,1-4H3/t19-,20?,27-,28-/m1/s1. The van der Waals surface area contributed by atoms with Crippen molar-refractivity contribution in [2.75, 3.05) is 21.3 Å². The molecule has 1 aliphatic rings. The molecule has 2 N–H and O–H groups in total. The van der Waals surface area contributed by atoms with Crippen LogP contribution in [0, 0.1) is 6.92 Å². The van der Waals surface area contributed by atoms with Crippen LogP contribution in [0.4, 0.5) is 13.2 Å². The number of aryl methyl sites for hydroxylation is 1. The van der Waals surface area contributed by atoms with Crippen LogP contribution in [-0.4, -0.2) is 72.6 Å². The van der Waals surface area contributed by atoms with Crippen LogP contribution in [0.2, 0.25) is 0 Å². The Morgan fingerprint density at radius 3 is 2.30 bits per heavy atom. The van der Waals surface area contributed by atoms with Crippen molar-refractivity contribution in [2.45, 2.75) is 53.6 Å². The Kier molecular flexibility index (Phi) is 9.05. The minimum absolute atomic E-state index is 0.00834. The minimum Gasteiger partial charge on any atom is -0.507 e. The lowest BCUT2D eigenvalue weighted by Gasteiger charge is -2.35. The molecule has 0 radical (unpaired) electrons. The number of hydrogen-bond acceptors (Lipinski definition) is 12. The average Bonchev–Trinajstić information content (AvgIpc) is 3.41. The predicted octanol–water partition coefficient (Wildman–Crippen LogP) is 3.31. The van der Waals surface area contributed by atoms with Crippen molar-refractivity contribution < 1.29 is 61.1 Å². The molecule has 1 aliphatic heterocycles. The monoisotopic (exact) mass is 640 g/mol. The van der Waals surface area contributed by atoms with Crippen LogP contribution in [-0.2, 0) is 45.4 Å². The molecule has 0 amide bonds. The molecule has 2 heterocycles. The summed E-state index contributed by atoms with van der Waals surface area (Å²) in [6, 6.07) is 8.64. The molecule has 0 saturated carbocycles. The number of esters is 3. The van der Waals surface area contributed by atoms with E-state index in [1.54, 1.807) is 6.92 Å². The van der Waals surface area contributed by atoms with Crippen molar-refractivity contribution in [3.05, 3.63) is 69.4 Å². The molecule has 0 aliphatic carbocycles. The molecule has 2 aromatic carbocycles. The maximum absolute atomic E-state index is 14.4. The second-order valence-electron chi connectivity index (χ2n) is 9.95. The summed E-state index contributed by atoms with van der Waals surface area (Å²) in [6.45, 7) is 1.65. The van der Waals surface area contributed by atoms with Crippen molar-refractivity contribution >= 4 is 40.6 Å². The highest BCUT2D eigenvalue weighted by Gasteiger charge is 2.65. The summed E-state index contributed by atoms with van der Waals surface area (Å²) in [5.74, 6) is -5.17. The van der Waals surface area contributed by atoms with Gasteiger partial charge in [0, 0.05) is 19.1 Å². The van der Waals surface area contributed by atoms with Gasteiger partial charge in [-0.3, -0.25) is 4.79 Å². The fourth-order valence-electron chi connectivity index (χ4n) is 5.05. The Hall–Kier alpha value is -4.08. The van der Waals surface area contributed by atoms with Gasteiger partial charge < -0.3 is 33.6 Å². The van der Waals surface area contributed by atoms with Crippen LogP contribution >= 0.6 is 11.8 Å². The molecule has 3 aromatic rings. The number of carbonyl (C=O) groups is 3. The van der Waals surface area contributed by atoms with Crippen LogP contribution in [0.1, 0.15) is 23.1 Å². The number of aliphatic hydroxyl groups is 1. The fraction of sp³-hybridized carbons (Fsp3) is 0.379. The number of hydrogen-bond donors (Lipinski definition) is 2. The zero-order valence-corrected chi connectivity index (χ0v) is 24.5. The first-order chi connectivity index (χ1) is 20.6. The summed E-state index contributed by atoms with van der Waals surface area (Å²) in [5.41, 5.74) is -7.15. The molecular formula is C29H27F3O11S. The highest BCUT2D eigenvalue weighted by molar-refractivity contribution is 8.00. The van der Waals surface area contributed by atoms with E-state index in [1.165, 1.54) is 30.3 Å². The van der Waals surface area contributed by atoms with E-state index in [1.807, 2.05) is 0 Å². The third-order valence-corrected chi connectivity index (χ3v) is 8.65. The summed E-state index contributed by atoms with van der Waals surface area (Å²) in [5, 5.41) is 20.6. The van der Waals surface area contributed by atoms with E-state index in [0.29, 0.717) is 12.7 Å². The molecule has 4 rings (SSSR count). The number of phenols is 1. The molecule has 11 nitrogen and oxygen atoms in total. The molecule has 0 bridgehead atoms. The van der Waals surface area contributed by atoms with Crippen LogP contribution in [0.25, 0.3) is 11.0 Å². The Morgan fingerprint density at radius 2 is 1.73 bits per heavy atom. The fourth-order valence-corrected chi connectivity index (χ4v) is 6.40. The van der Waals surface area contributed by atoms with E-state index in [0.717, 1.165) is 38.1 Å². The highest BCUT2D eigenvalue weighted by Crippen LogP contribution is 2.46. The van der Waals surface area contributed by atoms with Gasteiger partial charge in [-0.1, -0.05) is 42.1 Å². The molecule has 236 valence electrons. The maximum Gasteiger partial charge on any atom is 0.432 e. The number of carbonyl (C=O) groups excluding carboxylic acids is 3. The first-order valence-electron chi connectivity index (χ1n) is 12.9. The second kappa shape index (κ2) is 12.1. The minimum atomic E-state index is -5.39. The number of aromatic hydroxyl groups is 1. The number of halogens is 3. The highest BCUT2D eigenvalue weighted by atomic mass is 32.2. The van der Waals surface area contributed by atoms with Gasteiger partial charge in [-0.2, -0.15) is 13.2 Å². The third-order valence-electron chi connectivity index (χ3n) is 7.27. The zero-order chi connectivity index (χ0) is 32.6. The van der Waals surface area contributed by atoms with Gasteiger partial charge >= 0.3 is 24.1 Å². The quantitative estimate of drug-likeness (QED) is 0.260. The number of thioether (sulfide) groups is 1. The van der Waals surface area contributed by atoms with Gasteiger partial charge in [-0.15, -0.1) is 0 Å². The lowest BCUT2D eigenvalue weighted by molar-refractivity contribution is -0.279. The summed E-state index contributed by atoms with van der Waals surface area (Å²) in [7, 11) is 2.39.